The van der Waals surface area contributed by atoms with E-state index in [4.69, 9.17) is 4.42 Å². The molecule has 1 heterocycles. The number of nitrogens with one attached hydrogen (secondary N) is 1. The van der Waals surface area contributed by atoms with Crippen molar-refractivity contribution in [2.45, 2.75) is 39.2 Å². The molecule has 0 aliphatic heterocycles. The van der Waals surface area contributed by atoms with Gasteiger partial charge < -0.3 is 9.73 Å². The zero-order valence-corrected chi connectivity index (χ0v) is 10.8. The van der Waals surface area contributed by atoms with Crippen LogP contribution in [-0.4, -0.2) is 10.9 Å². The molecule has 1 aromatic heterocycles. The van der Waals surface area contributed by atoms with Crippen LogP contribution in [0.25, 0.3) is 11.1 Å². The molecule has 0 aliphatic rings. The monoisotopic (exact) mass is 246 g/mol. The Morgan fingerprint density at radius 1 is 1.44 bits per heavy atom. The summed E-state index contributed by atoms with van der Waals surface area (Å²) in [5, 5.41) is 2.90. The van der Waals surface area contributed by atoms with E-state index in [0.29, 0.717) is 12.3 Å². The lowest BCUT2D eigenvalue weighted by Gasteiger charge is -2.09. The molecular weight excluding hydrogens is 228 g/mol. The number of nitrogens with zero attached hydrogens (tertiary/aromatic N) is 1. The molecular formula is C14H18N2O2. The number of hydrogen-bond donors (Lipinski definition) is 1. The molecule has 1 unspecified atom stereocenters. The number of carbonyl (C=O) groups is 1. The summed E-state index contributed by atoms with van der Waals surface area (Å²) < 4.78 is 5.61. The first-order valence-electron chi connectivity index (χ1n) is 6.35. The third kappa shape index (κ3) is 2.88. The molecule has 0 fully saturated rings. The third-order valence-electron chi connectivity index (χ3n) is 2.82. The van der Waals surface area contributed by atoms with Crippen LogP contribution in [-0.2, 0) is 4.79 Å². The van der Waals surface area contributed by atoms with Gasteiger partial charge in [-0.1, -0.05) is 25.5 Å². The molecule has 1 aromatic carbocycles. The molecule has 0 radical (unpaired) electrons. The van der Waals surface area contributed by atoms with Crippen LogP contribution in [0.3, 0.4) is 0 Å². The van der Waals surface area contributed by atoms with E-state index in [1.54, 1.807) is 0 Å². The van der Waals surface area contributed by atoms with Gasteiger partial charge in [0.2, 0.25) is 11.8 Å². The Hall–Kier alpha value is -1.84. The van der Waals surface area contributed by atoms with Gasteiger partial charge in [0.15, 0.2) is 5.58 Å². The summed E-state index contributed by atoms with van der Waals surface area (Å²) in [7, 11) is 0. The summed E-state index contributed by atoms with van der Waals surface area (Å²) >= 11 is 0. The fourth-order valence-corrected chi connectivity index (χ4v) is 1.79. The highest BCUT2D eigenvalue weighted by Crippen LogP contribution is 2.19. The summed E-state index contributed by atoms with van der Waals surface area (Å²) in [6.45, 7) is 3.95. The highest BCUT2D eigenvalue weighted by Gasteiger charge is 2.15. The smallest absolute Gasteiger partial charge is 0.220 e. The fourth-order valence-electron chi connectivity index (χ4n) is 1.79. The fraction of sp³-hybridized carbons (Fsp3) is 0.429. The Morgan fingerprint density at radius 2 is 2.22 bits per heavy atom. The molecule has 0 aliphatic carbocycles. The Bertz CT molecular complexity index is 500. The second kappa shape index (κ2) is 5.67. The van der Waals surface area contributed by atoms with E-state index in [2.05, 4.69) is 17.2 Å². The molecule has 2 rings (SSSR count). The minimum Gasteiger partial charge on any atom is -0.438 e. The standard InChI is InChI=1S/C14H18N2O2/c1-3-4-9-13(17)15-10(2)14-16-11-7-5-6-8-12(11)18-14/h5-8,10H,3-4,9H2,1-2H3,(H,15,17). The Kier molecular flexibility index (Phi) is 3.97. The van der Waals surface area contributed by atoms with Gasteiger partial charge in [0.25, 0.3) is 0 Å². The van der Waals surface area contributed by atoms with E-state index in [1.807, 2.05) is 31.2 Å². The van der Waals surface area contributed by atoms with E-state index >= 15 is 0 Å². The normalized spacial score (nSPS) is 12.6. The Balaban J connectivity index is 2.04. The first kappa shape index (κ1) is 12.6. The molecule has 2 aromatic rings. The zero-order valence-electron chi connectivity index (χ0n) is 10.8. The van der Waals surface area contributed by atoms with Gasteiger partial charge in [-0.15, -0.1) is 0 Å². The van der Waals surface area contributed by atoms with Gasteiger partial charge in [-0.25, -0.2) is 4.98 Å². The minimum atomic E-state index is -0.193. The zero-order chi connectivity index (χ0) is 13.0. The average molecular weight is 246 g/mol. The van der Waals surface area contributed by atoms with Crippen molar-refractivity contribution < 1.29 is 9.21 Å². The van der Waals surface area contributed by atoms with Crippen molar-refractivity contribution in [3.8, 4) is 0 Å². The van der Waals surface area contributed by atoms with Crippen LogP contribution in [0.1, 0.15) is 45.0 Å². The number of fused-ring (bicyclic) bond motifs is 1. The maximum atomic E-state index is 11.6. The van der Waals surface area contributed by atoms with Crippen molar-refractivity contribution >= 4 is 17.0 Å². The minimum absolute atomic E-state index is 0.0478. The highest BCUT2D eigenvalue weighted by molar-refractivity contribution is 5.76. The number of rotatable bonds is 5. The number of oxazole rings is 1. The predicted octanol–water partition coefficient (Wildman–Crippen LogP) is 3.20. The van der Waals surface area contributed by atoms with Crippen molar-refractivity contribution in [2.24, 2.45) is 0 Å². The van der Waals surface area contributed by atoms with Crippen molar-refractivity contribution in [1.82, 2.24) is 10.3 Å². The second-order valence-electron chi connectivity index (χ2n) is 4.41. The molecule has 0 bridgehead atoms. The topological polar surface area (TPSA) is 55.1 Å². The van der Waals surface area contributed by atoms with Crippen molar-refractivity contribution in [1.29, 1.82) is 0 Å². The molecule has 1 atom stereocenters. The number of hydrogen-bond acceptors (Lipinski definition) is 3. The van der Waals surface area contributed by atoms with Crippen LogP contribution in [0.4, 0.5) is 0 Å². The number of aromatic nitrogens is 1. The quantitative estimate of drug-likeness (QED) is 0.881. The van der Waals surface area contributed by atoms with Gasteiger partial charge in [-0.05, 0) is 25.5 Å². The second-order valence-corrected chi connectivity index (χ2v) is 4.41. The van der Waals surface area contributed by atoms with E-state index in [9.17, 15) is 4.79 Å². The van der Waals surface area contributed by atoms with Crippen LogP contribution in [0.5, 0.6) is 0 Å². The van der Waals surface area contributed by atoms with E-state index in [0.717, 1.165) is 23.9 Å². The van der Waals surface area contributed by atoms with Crippen LogP contribution < -0.4 is 5.32 Å². The predicted molar refractivity (Wildman–Crippen MR) is 70.1 cm³/mol. The maximum Gasteiger partial charge on any atom is 0.220 e. The molecule has 0 spiro atoms. The first-order valence-corrected chi connectivity index (χ1v) is 6.35. The Labute approximate surface area is 106 Å². The average Bonchev–Trinajstić information content (AvgIpc) is 2.80. The molecule has 4 nitrogen and oxygen atoms in total. The number of unbranched alkanes of at least 4 members (excludes halogenated alkanes) is 1. The van der Waals surface area contributed by atoms with Gasteiger partial charge in [0.1, 0.15) is 11.6 Å². The van der Waals surface area contributed by atoms with Gasteiger partial charge in [-0.2, -0.15) is 0 Å². The van der Waals surface area contributed by atoms with Crippen LogP contribution in [0.15, 0.2) is 28.7 Å². The molecule has 0 saturated heterocycles. The van der Waals surface area contributed by atoms with Crippen molar-refractivity contribution in [2.75, 3.05) is 0 Å². The molecule has 18 heavy (non-hydrogen) atoms. The molecule has 96 valence electrons. The van der Waals surface area contributed by atoms with E-state index in [-0.39, 0.29) is 11.9 Å². The van der Waals surface area contributed by atoms with Crippen molar-refractivity contribution in [3.05, 3.63) is 30.2 Å². The molecule has 1 amide bonds. The summed E-state index contributed by atoms with van der Waals surface area (Å²) in [4.78, 5) is 16.0. The SMILES string of the molecule is CCCCC(=O)NC(C)c1nc2ccccc2o1. The summed E-state index contributed by atoms with van der Waals surface area (Å²) in [5.74, 6) is 0.604. The van der Waals surface area contributed by atoms with E-state index in [1.165, 1.54) is 0 Å². The lowest BCUT2D eigenvalue weighted by Crippen LogP contribution is -2.26. The van der Waals surface area contributed by atoms with Crippen LogP contribution >= 0.6 is 0 Å². The van der Waals surface area contributed by atoms with Crippen molar-refractivity contribution in [3.63, 3.8) is 0 Å². The van der Waals surface area contributed by atoms with Crippen LogP contribution in [0.2, 0.25) is 0 Å². The number of amides is 1. The lowest BCUT2D eigenvalue weighted by molar-refractivity contribution is -0.122. The van der Waals surface area contributed by atoms with E-state index < -0.39 is 0 Å². The van der Waals surface area contributed by atoms with Gasteiger partial charge in [0.05, 0.1) is 0 Å². The number of carbonyl (C=O) groups excluding carboxylic acids is 1. The molecule has 0 saturated carbocycles. The Morgan fingerprint density at radius 3 is 2.94 bits per heavy atom. The summed E-state index contributed by atoms with van der Waals surface area (Å²) in [6, 6.07) is 7.40. The van der Waals surface area contributed by atoms with Gasteiger partial charge in [0, 0.05) is 6.42 Å². The largest absolute Gasteiger partial charge is 0.438 e. The molecule has 4 heteroatoms. The maximum absolute atomic E-state index is 11.6. The number of benzene rings is 1. The molecule has 1 N–H and O–H groups in total. The van der Waals surface area contributed by atoms with Gasteiger partial charge >= 0.3 is 0 Å². The summed E-state index contributed by atoms with van der Waals surface area (Å²) in [5.41, 5.74) is 1.57. The van der Waals surface area contributed by atoms with Crippen LogP contribution in [0, 0.1) is 0 Å². The van der Waals surface area contributed by atoms with Gasteiger partial charge in [-0.3, -0.25) is 4.79 Å². The summed E-state index contributed by atoms with van der Waals surface area (Å²) in [6.07, 6.45) is 2.48. The lowest BCUT2D eigenvalue weighted by atomic mass is 10.2. The number of para-hydroxylation sites is 2. The first-order chi connectivity index (χ1) is 8.70. The third-order valence-corrected chi connectivity index (χ3v) is 2.82. The highest BCUT2D eigenvalue weighted by atomic mass is 16.3.